The second-order valence-electron chi connectivity index (χ2n) is 6.49. The average Bonchev–Trinajstić information content (AvgIpc) is 2.60. The number of carbonyl (C=O) groups excluding carboxylic acids is 1. The van der Waals surface area contributed by atoms with Gasteiger partial charge in [-0.15, -0.1) is 0 Å². The molecule has 1 N–H and O–H groups in total. The van der Waals surface area contributed by atoms with Crippen LogP contribution in [0.1, 0.15) is 40.5 Å². The molecule has 0 aromatic carbocycles. The topological polar surface area (TPSA) is 41.6 Å². The minimum absolute atomic E-state index is 0.0161. The van der Waals surface area contributed by atoms with Crippen molar-refractivity contribution in [1.29, 1.82) is 0 Å². The lowest BCUT2D eigenvalue weighted by atomic mass is 9.64. The number of likely N-dealkylation sites (tertiary alicyclic amines) is 1. The van der Waals surface area contributed by atoms with Crippen LogP contribution < -0.4 is 5.32 Å². The van der Waals surface area contributed by atoms with E-state index in [9.17, 15) is 4.79 Å². The molecule has 1 amide bonds. The molecule has 0 spiro atoms. The number of nitrogens with zero attached hydrogens (tertiary/aromatic N) is 1. The van der Waals surface area contributed by atoms with Crippen LogP contribution in [0.4, 0.5) is 0 Å². The van der Waals surface area contributed by atoms with E-state index < -0.39 is 0 Å². The maximum absolute atomic E-state index is 12.4. The van der Waals surface area contributed by atoms with E-state index in [1.165, 1.54) is 0 Å². The highest BCUT2D eigenvalue weighted by atomic mass is 16.5. The van der Waals surface area contributed by atoms with E-state index in [0.717, 1.165) is 19.4 Å². The molecule has 18 heavy (non-hydrogen) atoms. The fourth-order valence-electron chi connectivity index (χ4n) is 3.36. The quantitative estimate of drug-likeness (QED) is 0.824. The lowest BCUT2D eigenvalue weighted by molar-refractivity contribution is -0.157. The molecule has 3 atom stereocenters. The number of amides is 1. The summed E-state index contributed by atoms with van der Waals surface area (Å²) < 4.78 is 5.46. The van der Waals surface area contributed by atoms with Crippen molar-refractivity contribution >= 4 is 5.91 Å². The maximum Gasteiger partial charge on any atom is 0.240 e. The van der Waals surface area contributed by atoms with Gasteiger partial charge in [-0.05, 0) is 12.8 Å². The van der Waals surface area contributed by atoms with E-state index >= 15 is 0 Å². The molecule has 1 aliphatic heterocycles. The van der Waals surface area contributed by atoms with Gasteiger partial charge < -0.3 is 15.0 Å². The van der Waals surface area contributed by atoms with Gasteiger partial charge in [-0.1, -0.05) is 27.7 Å². The molecule has 0 radical (unpaired) electrons. The van der Waals surface area contributed by atoms with Gasteiger partial charge in [0.1, 0.15) is 0 Å². The van der Waals surface area contributed by atoms with Crippen molar-refractivity contribution in [2.24, 2.45) is 5.41 Å². The van der Waals surface area contributed by atoms with Crippen LogP contribution >= 0.6 is 0 Å². The third-order valence-corrected chi connectivity index (χ3v) is 4.56. The molecule has 0 aromatic rings. The van der Waals surface area contributed by atoms with Gasteiger partial charge in [-0.3, -0.25) is 4.79 Å². The Labute approximate surface area is 110 Å². The first-order valence-electron chi connectivity index (χ1n) is 6.97. The summed E-state index contributed by atoms with van der Waals surface area (Å²) in [5.41, 5.74) is 0.0805. The number of rotatable bonds is 4. The van der Waals surface area contributed by atoms with Gasteiger partial charge in [0.05, 0.1) is 12.1 Å². The van der Waals surface area contributed by atoms with Crippen molar-refractivity contribution in [3.8, 4) is 0 Å². The molecule has 104 valence electrons. The lowest BCUT2D eigenvalue weighted by Crippen LogP contribution is -2.62. The fourth-order valence-corrected chi connectivity index (χ4v) is 3.36. The molecule has 1 heterocycles. The molecule has 0 aromatic heterocycles. The van der Waals surface area contributed by atoms with Crippen molar-refractivity contribution in [3.05, 3.63) is 0 Å². The summed E-state index contributed by atoms with van der Waals surface area (Å²) in [6.07, 6.45) is 2.19. The van der Waals surface area contributed by atoms with Crippen LogP contribution in [0.5, 0.6) is 0 Å². The normalized spacial score (nSPS) is 35.1. The van der Waals surface area contributed by atoms with Crippen LogP contribution in [0.3, 0.4) is 0 Å². The van der Waals surface area contributed by atoms with Gasteiger partial charge in [-0.2, -0.15) is 0 Å². The molecule has 1 saturated heterocycles. The molecule has 2 fully saturated rings. The van der Waals surface area contributed by atoms with E-state index in [0.29, 0.717) is 12.1 Å². The highest BCUT2D eigenvalue weighted by Crippen LogP contribution is 2.46. The van der Waals surface area contributed by atoms with Crippen LogP contribution in [0.2, 0.25) is 0 Å². The summed E-state index contributed by atoms with van der Waals surface area (Å²) in [6, 6.07) is 0.719. The van der Waals surface area contributed by atoms with Gasteiger partial charge in [0.2, 0.25) is 5.91 Å². The maximum atomic E-state index is 12.4. The van der Waals surface area contributed by atoms with E-state index in [2.05, 4.69) is 37.9 Å². The SMILES string of the molecule is COC1CC(N2CCC(NC(C)C)C2=O)C1(C)C. The van der Waals surface area contributed by atoms with Crippen molar-refractivity contribution in [3.63, 3.8) is 0 Å². The summed E-state index contributed by atoms with van der Waals surface area (Å²) in [4.78, 5) is 14.4. The Morgan fingerprint density at radius 3 is 2.61 bits per heavy atom. The molecule has 4 heteroatoms. The van der Waals surface area contributed by atoms with Crippen molar-refractivity contribution < 1.29 is 9.53 Å². The molecule has 2 aliphatic rings. The number of carbonyl (C=O) groups is 1. The summed E-state index contributed by atoms with van der Waals surface area (Å²) in [5.74, 6) is 0.274. The minimum Gasteiger partial charge on any atom is -0.381 e. The molecule has 3 unspecified atom stereocenters. The summed E-state index contributed by atoms with van der Waals surface area (Å²) >= 11 is 0. The Hall–Kier alpha value is -0.610. The Bertz CT molecular complexity index is 328. The number of hydrogen-bond acceptors (Lipinski definition) is 3. The standard InChI is InChI=1S/C14H26N2O2/c1-9(2)15-10-6-7-16(13(10)17)11-8-12(18-5)14(11,3)4/h9-12,15H,6-8H2,1-5H3. The van der Waals surface area contributed by atoms with Crippen LogP contribution in [0.25, 0.3) is 0 Å². The van der Waals surface area contributed by atoms with E-state index in [-0.39, 0.29) is 23.5 Å². The first-order valence-corrected chi connectivity index (χ1v) is 6.97. The smallest absolute Gasteiger partial charge is 0.240 e. The first-order chi connectivity index (χ1) is 8.37. The zero-order chi connectivity index (χ0) is 13.5. The summed E-state index contributed by atoms with van der Waals surface area (Å²) in [6.45, 7) is 9.46. The zero-order valence-corrected chi connectivity index (χ0v) is 12.2. The summed E-state index contributed by atoms with van der Waals surface area (Å²) in [5, 5.41) is 3.35. The van der Waals surface area contributed by atoms with Crippen LogP contribution in [0.15, 0.2) is 0 Å². The lowest BCUT2D eigenvalue weighted by Gasteiger charge is -2.54. The third kappa shape index (κ3) is 2.16. The molecular weight excluding hydrogens is 228 g/mol. The molecule has 4 nitrogen and oxygen atoms in total. The molecule has 2 rings (SSSR count). The predicted octanol–water partition coefficient (Wildman–Crippen LogP) is 1.40. The monoisotopic (exact) mass is 254 g/mol. The van der Waals surface area contributed by atoms with E-state index in [1.807, 2.05) is 0 Å². The Morgan fingerprint density at radius 2 is 2.11 bits per heavy atom. The van der Waals surface area contributed by atoms with Crippen LogP contribution in [-0.4, -0.2) is 48.7 Å². The van der Waals surface area contributed by atoms with Gasteiger partial charge >= 0.3 is 0 Å². The van der Waals surface area contributed by atoms with Crippen molar-refractivity contribution in [2.45, 2.75) is 64.8 Å². The Kier molecular flexibility index (Phi) is 3.70. The van der Waals surface area contributed by atoms with Gasteiger partial charge in [0.25, 0.3) is 0 Å². The predicted molar refractivity (Wildman–Crippen MR) is 71.4 cm³/mol. The number of methoxy groups -OCH3 is 1. The van der Waals surface area contributed by atoms with Gasteiger partial charge in [-0.25, -0.2) is 0 Å². The zero-order valence-electron chi connectivity index (χ0n) is 12.2. The third-order valence-electron chi connectivity index (χ3n) is 4.56. The highest BCUT2D eigenvalue weighted by molar-refractivity contribution is 5.84. The number of ether oxygens (including phenoxy) is 1. The van der Waals surface area contributed by atoms with Crippen molar-refractivity contribution in [2.75, 3.05) is 13.7 Å². The number of nitrogens with one attached hydrogen (secondary N) is 1. The average molecular weight is 254 g/mol. The second kappa shape index (κ2) is 4.82. The molecule has 1 saturated carbocycles. The van der Waals surface area contributed by atoms with Gasteiger partial charge in [0.15, 0.2) is 0 Å². The van der Waals surface area contributed by atoms with E-state index in [4.69, 9.17) is 4.74 Å². The Balaban J connectivity index is 1.98. The molecule has 0 bridgehead atoms. The minimum atomic E-state index is 0.0161. The van der Waals surface area contributed by atoms with Crippen molar-refractivity contribution in [1.82, 2.24) is 10.2 Å². The second-order valence-corrected chi connectivity index (χ2v) is 6.49. The van der Waals surface area contributed by atoms with E-state index in [1.54, 1.807) is 7.11 Å². The molecular formula is C14H26N2O2. The fraction of sp³-hybridized carbons (Fsp3) is 0.929. The van der Waals surface area contributed by atoms with Gasteiger partial charge in [0, 0.05) is 31.2 Å². The largest absolute Gasteiger partial charge is 0.381 e. The first kappa shape index (κ1) is 13.8. The molecule has 1 aliphatic carbocycles. The number of hydrogen-bond donors (Lipinski definition) is 1. The Morgan fingerprint density at radius 1 is 1.44 bits per heavy atom. The van der Waals surface area contributed by atoms with Crippen LogP contribution in [-0.2, 0) is 9.53 Å². The van der Waals surface area contributed by atoms with Crippen LogP contribution in [0, 0.1) is 5.41 Å². The summed E-state index contributed by atoms with van der Waals surface area (Å²) in [7, 11) is 1.76. The highest BCUT2D eigenvalue weighted by Gasteiger charge is 2.54.